The fourth-order valence-electron chi connectivity index (χ4n) is 3.86. The minimum Gasteiger partial charge on any atom is -0.352 e. The minimum absolute atomic E-state index is 0.0283. The Balaban J connectivity index is 1.32. The third-order valence-electron chi connectivity index (χ3n) is 5.53. The van der Waals surface area contributed by atoms with Crippen LogP contribution in [0.2, 0.25) is 0 Å². The summed E-state index contributed by atoms with van der Waals surface area (Å²) < 4.78 is 0. The molecule has 1 heterocycles. The Morgan fingerprint density at radius 2 is 1.57 bits per heavy atom. The van der Waals surface area contributed by atoms with Gasteiger partial charge in [-0.25, -0.2) is 0 Å². The van der Waals surface area contributed by atoms with Gasteiger partial charge in [-0.2, -0.15) is 0 Å². The molecular weight excluding hydrogens is 372 g/mol. The van der Waals surface area contributed by atoms with E-state index in [1.54, 1.807) is 0 Å². The molecule has 1 N–H and O–H groups in total. The zero-order valence-corrected chi connectivity index (χ0v) is 17.0. The average Bonchev–Trinajstić information content (AvgIpc) is 2.81. The van der Waals surface area contributed by atoms with Crippen LogP contribution < -0.4 is 10.2 Å². The summed E-state index contributed by atoms with van der Waals surface area (Å²) in [4.78, 5) is 27.0. The molecule has 0 radical (unpaired) electrons. The molecule has 0 bridgehead atoms. The van der Waals surface area contributed by atoms with Gasteiger partial charge in [0.25, 0.3) is 5.91 Å². The highest BCUT2D eigenvalue weighted by molar-refractivity contribution is 6.06. The molecule has 30 heavy (non-hydrogen) atoms. The molecule has 152 valence electrons. The Hall–Kier alpha value is -3.40. The standard InChI is InChI=1S/C26H26N2O2/c29-25(17-14-20-7-2-1-3-8-20)27-19-21-12-15-23(16-13-21)26(30)28-18-6-10-22-9-4-5-11-24(22)28/h1-5,7-9,11-13,15-16H,6,10,14,17-19H2,(H,27,29). The van der Waals surface area contributed by atoms with Crippen LogP contribution in [0.1, 0.15) is 39.9 Å². The van der Waals surface area contributed by atoms with Crippen LogP contribution in [0.3, 0.4) is 0 Å². The molecule has 3 aromatic rings. The maximum Gasteiger partial charge on any atom is 0.258 e. The highest BCUT2D eigenvalue weighted by atomic mass is 16.2. The summed E-state index contributed by atoms with van der Waals surface area (Å²) in [6.07, 6.45) is 3.20. The van der Waals surface area contributed by atoms with Gasteiger partial charge in [0.05, 0.1) is 0 Å². The van der Waals surface area contributed by atoms with Crippen molar-refractivity contribution < 1.29 is 9.59 Å². The van der Waals surface area contributed by atoms with Crippen LogP contribution in [-0.4, -0.2) is 18.4 Å². The third-order valence-corrected chi connectivity index (χ3v) is 5.53. The Kier molecular flexibility index (Phi) is 6.23. The van der Waals surface area contributed by atoms with Crippen LogP contribution in [-0.2, 0) is 24.2 Å². The van der Waals surface area contributed by atoms with Crippen LogP contribution in [0.4, 0.5) is 5.69 Å². The lowest BCUT2D eigenvalue weighted by atomic mass is 10.0. The zero-order chi connectivity index (χ0) is 20.8. The first kappa shape index (κ1) is 19.9. The summed E-state index contributed by atoms with van der Waals surface area (Å²) in [5, 5.41) is 2.96. The van der Waals surface area contributed by atoms with Gasteiger partial charge in [0, 0.05) is 30.8 Å². The molecule has 0 fully saturated rings. The van der Waals surface area contributed by atoms with Gasteiger partial charge in [0.2, 0.25) is 5.91 Å². The number of benzene rings is 3. The molecule has 0 aliphatic carbocycles. The average molecular weight is 399 g/mol. The van der Waals surface area contributed by atoms with Crippen LogP contribution in [0.15, 0.2) is 78.9 Å². The monoisotopic (exact) mass is 398 g/mol. The lowest BCUT2D eigenvalue weighted by Crippen LogP contribution is -2.35. The smallest absolute Gasteiger partial charge is 0.258 e. The maximum atomic E-state index is 13.0. The SMILES string of the molecule is O=C(CCc1ccccc1)NCc1ccc(C(=O)N2CCCc3ccccc32)cc1. The topological polar surface area (TPSA) is 49.4 Å². The summed E-state index contributed by atoms with van der Waals surface area (Å²) in [5.41, 5.74) is 5.06. The van der Waals surface area contributed by atoms with Gasteiger partial charge in [-0.3, -0.25) is 9.59 Å². The van der Waals surface area contributed by atoms with Crippen LogP contribution in [0, 0.1) is 0 Å². The number of rotatable bonds is 6. The summed E-state index contributed by atoms with van der Waals surface area (Å²) >= 11 is 0. The molecule has 4 heteroatoms. The van der Waals surface area contributed by atoms with E-state index < -0.39 is 0 Å². The highest BCUT2D eigenvalue weighted by Gasteiger charge is 2.23. The van der Waals surface area contributed by atoms with Crippen LogP contribution in [0.5, 0.6) is 0 Å². The van der Waals surface area contributed by atoms with E-state index in [9.17, 15) is 9.59 Å². The van der Waals surface area contributed by atoms with Gasteiger partial charge in [-0.15, -0.1) is 0 Å². The lowest BCUT2D eigenvalue weighted by Gasteiger charge is -2.29. The number of nitrogens with one attached hydrogen (secondary N) is 1. The number of para-hydroxylation sites is 1. The van der Waals surface area contributed by atoms with Gasteiger partial charge in [0.1, 0.15) is 0 Å². The van der Waals surface area contributed by atoms with Crippen LogP contribution in [0.25, 0.3) is 0 Å². The van der Waals surface area contributed by atoms with Gasteiger partial charge < -0.3 is 10.2 Å². The molecule has 4 nitrogen and oxygen atoms in total. The number of carbonyl (C=O) groups excluding carboxylic acids is 2. The van der Waals surface area contributed by atoms with Crippen molar-refractivity contribution in [2.75, 3.05) is 11.4 Å². The quantitative estimate of drug-likeness (QED) is 0.663. The van der Waals surface area contributed by atoms with Crippen LogP contribution >= 0.6 is 0 Å². The largest absolute Gasteiger partial charge is 0.352 e. The van der Waals surface area contributed by atoms with Crippen molar-refractivity contribution in [2.24, 2.45) is 0 Å². The summed E-state index contributed by atoms with van der Waals surface area (Å²) in [6.45, 7) is 1.21. The lowest BCUT2D eigenvalue weighted by molar-refractivity contribution is -0.121. The minimum atomic E-state index is 0.0283. The van der Waals surface area contributed by atoms with E-state index in [4.69, 9.17) is 0 Å². The Morgan fingerprint density at radius 1 is 0.833 bits per heavy atom. The first-order valence-electron chi connectivity index (χ1n) is 10.5. The number of fused-ring (bicyclic) bond motifs is 1. The fourth-order valence-corrected chi connectivity index (χ4v) is 3.86. The molecule has 1 aliphatic rings. The predicted octanol–water partition coefficient (Wildman–Crippen LogP) is 4.53. The van der Waals surface area contributed by atoms with E-state index >= 15 is 0 Å². The van der Waals surface area contributed by atoms with Crippen molar-refractivity contribution in [3.63, 3.8) is 0 Å². The fraction of sp³-hybridized carbons (Fsp3) is 0.231. The summed E-state index contributed by atoms with van der Waals surface area (Å²) in [7, 11) is 0. The Bertz CT molecular complexity index is 1010. The normalized spacial score (nSPS) is 12.9. The van der Waals surface area contributed by atoms with Gasteiger partial charge in [0.15, 0.2) is 0 Å². The van der Waals surface area contributed by atoms with Gasteiger partial charge >= 0.3 is 0 Å². The van der Waals surface area contributed by atoms with Crippen molar-refractivity contribution in [2.45, 2.75) is 32.2 Å². The van der Waals surface area contributed by atoms with Crippen molar-refractivity contribution in [3.05, 3.63) is 101 Å². The van der Waals surface area contributed by atoms with E-state index in [1.165, 1.54) is 5.56 Å². The van der Waals surface area contributed by atoms with E-state index in [1.807, 2.05) is 77.7 Å². The molecule has 0 atom stereocenters. The first-order chi connectivity index (χ1) is 14.7. The highest BCUT2D eigenvalue weighted by Crippen LogP contribution is 2.28. The van der Waals surface area contributed by atoms with Crippen molar-refractivity contribution in [1.29, 1.82) is 0 Å². The van der Waals surface area contributed by atoms with Crippen molar-refractivity contribution in [1.82, 2.24) is 5.32 Å². The van der Waals surface area contributed by atoms with Gasteiger partial charge in [-0.1, -0.05) is 60.7 Å². The number of amides is 2. The third kappa shape index (κ3) is 4.77. The maximum absolute atomic E-state index is 13.0. The number of carbonyl (C=O) groups is 2. The first-order valence-corrected chi connectivity index (χ1v) is 10.5. The van der Waals surface area contributed by atoms with E-state index in [0.717, 1.165) is 42.6 Å². The molecule has 4 rings (SSSR count). The molecule has 0 aromatic heterocycles. The second-order valence-corrected chi connectivity index (χ2v) is 7.65. The number of anilines is 1. The number of nitrogens with zero attached hydrogens (tertiary/aromatic N) is 1. The molecule has 2 amide bonds. The second kappa shape index (κ2) is 9.40. The van der Waals surface area contributed by atoms with Crippen molar-refractivity contribution in [3.8, 4) is 0 Å². The molecule has 1 aliphatic heterocycles. The molecule has 3 aromatic carbocycles. The molecule has 0 spiro atoms. The molecular formula is C26H26N2O2. The summed E-state index contributed by atoms with van der Waals surface area (Å²) in [5.74, 6) is 0.0597. The molecule has 0 unspecified atom stereocenters. The number of aryl methyl sites for hydroxylation is 2. The van der Waals surface area contributed by atoms with E-state index in [0.29, 0.717) is 18.5 Å². The Morgan fingerprint density at radius 3 is 2.37 bits per heavy atom. The van der Waals surface area contributed by atoms with E-state index in [-0.39, 0.29) is 11.8 Å². The number of hydrogen-bond donors (Lipinski definition) is 1. The zero-order valence-electron chi connectivity index (χ0n) is 17.0. The summed E-state index contributed by atoms with van der Waals surface area (Å²) in [6, 6.07) is 25.7. The Labute approximate surface area is 177 Å². The second-order valence-electron chi connectivity index (χ2n) is 7.65. The number of hydrogen-bond acceptors (Lipinski definition) is 2. The molecule has 0 saturated carbocycles. The molecule has 0 saturated heterocycles. The van der Waals surface area contributed by atoms with Gasteiger partial charge in [-0.05, 0) is 54.2 Å². The van der Waals surface area contributed by atoms with E-state index in [2.05, 4.69) is 11.4 Å². The predicted molar refractivity (Wildman–Crippen MR) is 119 cm³/mol. The van der Waals surface area contributed by atoms with Crippen molar-refractivity contribution >= 4 is 17.5 Å².